The highest BCUT2D eigenvalue weighted by molar-refractivity contribution is 7.81. The van der Waals surface area contributed by atoms with Crippen LogP contribution in [0.1, 0.15) is 43.4 Å². The summed E-state index contributed by atoms with van der Waals surface area (Å²) in [5, 5.41) is 9.20. The fourth-order valence-electron chi connectivity index (χ4n) is 3.82. The molecule has 1 saturated heterocycles. The van der Waals surface area contributed by atoms with Gasteiger partial charge in [0.15, 0.2) is 5.11 Å². The highest BCUT2D eigenvalue weighted by atomic mass is 32.1. The van der Waals surface area contributed by atoms with E-state index >= 15 is 0 Å². The number of hydrogen-bond donors (Lipinski definition) is 0. The molecule has 0 bridgehead atoms. The minimum absolute atomic E-state index is 0.116. The number of anilines is 2. The molecule has 0 spiro atoms. The molecular formula is C22H20F3N3OS. The molecular weight excluding hydrogens is 411 g/mol. The van der Waals surface area contributed by atoms with E-state index in [1.807, 2.05) is 32.9 Å². The molecule has 1 aliphatic rings. The van der Waals surface area contributed by atoms with Crippen LogP contribution in [0.2, 0.25) is 0 Å². The van der Waals surface area contributed by atoms with Crippen LogP contribution in [0.3, 0.4) is 0 Å². The molecule has 2 aromatic carbocycles. The monoisotopic (exact) mass is 431 g/mol. The van der Waals surface area contributed by atoms with Crippen molar-refractivity contribution in [2.75, 3.05) is 9.80 Å². The summed E-state index contributed by atoms with van der Waals surface area (Å²) >= 11 is 5.60. The van der Waals surface area contributed by atoms with E-state index in [2.05, 4.69) is 0 Å². The molecule has 0 N–H and O–H groups in total. The molecule has 0 aliphatic carbocycles. The summed E-state index contributed by atoms with van der Waals surface area (Å²) in [5.41, 5.74) is -0.928. The van der Waals surface area contributed by atoms with Crippen LogP contribution in [0.15, 0.2) is 42.5 Å². The maximum absolute atomic E-state index is 13.5. The number of rotatable bonds is 4. The molecule has 1 heterocycles. The first kappa shape index (κ1) is 21.8. The van der Waals surface area contributed by atoms with E-state index in [0.29, 0.717) is 18.5 Å². The topological polar surface area (TPSA) is 47.3 Å². The summed E-state index contributed by atoms with van der Waals surface area (Å²) in [5.74, 6) is -0.278. The van der Waals surface area contributed by atoms with Gasteiger partial charge >= 0.3 is 6.18 Å². The van der Waals surface area contributed by atoms with Gasteiger partial charge in [-0.25, -0.2) is 0 Å². The molecule has 1 aliphatic heterocycles. The molecule has 0 unspecified atom stereocenters. The minimum atomic E-state index is -4.70. The van der Waals surface area contributed by atoms with E-state index in [9.17, 15) is 18.0 Å². The van der Waals surface area contributed by atoms with Crippen molar-refractivity contribution >= 4 is 34.6 Å². The summed E-state index contributed by atoms with van der Waals surface area (Å²) in [6, 6.07) is 12.2. The first-order valence-corrected chi connectivity index (χ1v) is 9.88. The molecule has 2 aromatic rings. The van der Waals surface area contributed by atoms with Gasteiger partial charge in [-0.15, -0.1) is 0 Å². The number of amides is 1. The SMILES string of the molecule is CCC1(CC)C(=O)N(c2ccc(C)cc2)C(=S)N1c1ccc(C#N)c(C(F)(F)F)c1. The number of nitrogens with zero attached hydrogens (tertiary/aromatic N) is 3. The molecule has 1 amide bonds. The van der Waals surface area contributed by atoms with Crippen molar-refractivity contribution in [3.8, 4) is 6.07 Å². The Morgan fingerprint density at radius 3 is 2.13 bits per heavy atom. The molecule has 0 saturated carbocycles. The van der Waals surface area contributed by atoms with Gasteiger partial charge in [0.2, 0.25) is 0 Å². The van der Waals surface area contributed by atoms with E-state index in [1.54, 1.807) is 18.2 Å². The molecule has 1 fully saturated rings. The fourth-order valence-corrected chi connectivity index (χ4v) is 4.29. The van der Waals surface area contributed by atoms with Gasteiger partial charge in [0, 0.05) is 5.69 Å². The summed E-state index contributed by atoms with van der Waals surface area (Å²) in [7, 11) is 0. The van der Waals surface area contributed by atoms with Gasteiger partial charge in [0.05, 0.1) is 22.9 Å². The predicted octanol–water partition coefficient (Wildman–Crippen LogP) is 5.58. The van der Waals surface area contributed by atoms with Crippen LogP contribution in [0.4, 0.5) is 24.5 Å². The third-order valence-electron chi connectivity index (χ3n) is 5.56. The van der Waals surface area contributed by atoms with Gasteiger partial charge < -0.3 is 4.90 Å². The summed E-state index contributed by atoms with van der Waals surface area (Å²) in [4.78, 5) is 16.4. The van der Waals surface area contributed by atoms with Gasteiger partial charge in [0.25, 0.3) is 5.91 Å². The summed E-state index contributed by atoms with van der Waals surface area (Å²) < 4.78 is 40.6. The lowest BCUT2D eigenvalue weighted by Gasteiger charge is -2.35. The quantitative estimate of drug-likeness (QED) is 0.593. The van der Waals surface area contributed by atoms with Gasteiger partial charge in [0.1, 0.15) is 5.54 Å². The first-order chi connectivity index (χ1) is 14.1. The van der Waals surface area contributed by atoms with Gasteiger partial charge in [-0.05, 0) is 62.3 Å². The van der Waals surface area contributed by atoms with Crippen molar-refractivity contribution in [1.29, 1.82) is 5.26 Å². The number of aryl methyl sites for hydroxylation is 1. The second kappa shape index (κ2) is 7.73. The Morgan fingerprint density at radius 2 is 1.63 bits per heavy atom. The summed E-state index contributed by atoms with van der Waals surface area (Å²) in [6.07, 6.45) is -4.00. The molecule has 0 aromatic heterocycles. The number of benzene rings is 2. The Labute approximate surface area is 178 Å². The van der Waals surface area contributed by atoms with Crippen LogP contribution >= 0.6 is 12.2 Å². The highest BCUT2D eigenvalue weighted by Crippen LogP contribution is 2.42. The second-order valence-corrected chi connectivity index (χ2v) is 7.54. The number of thiocarbonyl (C=S) groups is 1. The van der Waals surface area contributed by atoms with Crippen molar-refractivity contribution < 1.29 is 18.0 Å². The lowest BCUT2D eigenvalue weighted by Crippen LogP contribution is -2.49. The lowest BCUT2D eigenvalue weighted by atomic mass is 9.90. The highest BCUT2D eigenvalue weighted by Gasteiger charge is 2.54. The molecule has 30 heavy (non-hydrogen) atoms. The maximum atomic E-state index is 13.5. The second-order valence-electron chi connectivity index (χ2n) is 7.17. The van der Waals surface area contributed by atoms with E-state index in [-0.39, 0.29) is 16.7 Å². The Bertz CT molecular complexity index is 1040. The predicted molar refractivity (Wildman–Crippen MR) is 113 cm³/mol. The standard InChI is InChI=1S/C22H20F3N3OS/c1-4-21(5-2)19(29)27(16-9-6-14(3)7-10-16)20(30)28(21)17-11-8-15(13-26)18(12-17)22(23,24)25/h6-12H,4-5H2,1-3H3. The normalized spacial score (nSPS) is 16.2. The Morgan fingerprint density at radius 1 is 1.07 bits per heavy atom. The van der Waals surface area contributed by atoms with Crippen LogP contribution in [0.25, 0.3) is 0 Å². The van der Waals surface area contributed by atoms with Crippen LogP contribution in [0.5, 0.6) is 0 Å². The zero-order chi connectivity index (χ0) is 22.3. The Balaban J connectivity index is 2.20. The Kier molecular flexibility index (Phi) is 5.61. The van der Waals surface area contributed by atoms with Crippen LogP contribution in [-0.2, 0) is 11.0 Å². The molecule has 4 nitrogen and oxygen atoms in total. The van der Waals surface area contributed by atoms with Crippen LogP contribution < -0.4 is 9.80 Å². The van der Waals surface area contributed by atoms with Crippen molar-refractivity contribution in [2.24, 2.45) is 0 Å². The number of halogens is 3. The number of nitriles is 1. The molecule has 156 valence electrons. The van der Waals surface area contributed by atoms with E-state index in [1.165, 1.54) is 15.9 Å². The van der Waals surface area contributed by atoms with Crippen LogP contribution in [0, 0.1) is 18.3 Å². The third-order valence-corrected chi connectivity index (χ3v) is 5.93. The smallest absolute Gasteiger partial charge is 0.303 e. The average molecular weight is 431 g/mol. The number of alkyl halides is 3. The van der Waals surface area contributed by atoms with Crippen LogP contribution in [-0.4, -0.2) is 16.6 Å². The minimum Gasteiger partial charge on any atom is -0.303 e. The lowest BCUT2D eigenvalue weighted by molar-refractivity contribution is -0.137. The van der Waals surface area contributed by atoms with Crippen molar-refractivity contribution in [2.45, 2.75) is 45.3 Å². The van der Waals surface area contributed by atoms with E-state index < -0.39 is 22.8 Å². The first-order valence-electron chi connectivity index (χ1n) is 9.47. The average Bonchev–Trinajstić information content (AvgIpc) is 2.94. The Hall–Kier alpha value is -2.92. The van der Waals surface area contributed by atoms with Crippen molar-refractivity contribution in [3.05, 3.63) is 59.2 Å². The number of carbonyl (C=O) groups is 1. The zero-order valence-corrected chi connectivity index (χ0v) is 17.6. The summed E-state index contributed by atoms with van der Waals surface area (Å²) in [6.45, 7) is 5.53. The van der Waals surface area contributed by atoms with Gasteiger partial charge in [-0.3, -0.25) is 9.69 Å². The zero-order valence-electron chi connectivity index (χ0n) is 16.7. The largest absolute Gasteiger partial charge is 0.417 e. The number of hydrogen-bond acceptors (Lipinski definition) is 3. The van der Waals surface area contributed by atoms with Crippen molar-refractivity contribution in [3.63, 3.8) is 0 Å². The van der Waals surface area contributed by atoms with Gasteiger partial charge in [-0.2, -0.15) is 18.4 Å². The van der Waals surface area contributed by atoms with E-state index in [4.69, 9.17) is 17.5 Å². The molecule has 0 radical (unpaired) electrons. The van der Waals surface area contributed by atoms with Crippen molar-refractivity contribution in [1.82, 2.24) is 0 Å². The van der Waals surface area contributed by atoms with Gasteiger partial charge in [-0.1, -0.05) is 31.5 Å². The maximum Gasteiger partial charge on any atom is 0.417 e. The fraction of sp³-hybridized carbons (Fsp3) is 0.318. The molecule has 3 rings (SSSR count). The number of carbonyl (C=O) groups excluding carboxylic acids is 1. The third kappa shape index (κ3) is 3.33. The molecule has 0 atom stereocenters. The molecule has 8 heteroatoms. The van der Waals surface area contributed by atoms with E-state index in [0.717, 1.165) is 17.7 Å².